The third-order valence-electron chi connectivity index (χ3n) is 3.38. The second kappa shape index (κ2) is 10.4. The lowest BCUT2D eigenvalue weighted by Crippen LogP contribution is -2.17. The standard InChI is InChI=1S/C19H18BrFN2O5/c1-3-27-16-9-12(8-15(20)18(16)28-11-17(24)26-2)10-22-23-19(25)13-4-6-14(21)7-5-13/h4-10H,3,11H2,1-2H3,(H,23,25)/b22-10-. The van der Waals surface area contributed by atoms with Gasteiger partial charge in [0.25, 0.3) is 5.91 Å². The molecule has 0 fully saturated rings. The smallest absolute Gasteiger partial charge is 0.343 e. The van der Waals surface area contributed by atoms with Crippen molar-refractivity contribution < 1.29 is 28.2 Å². The average Bonchev–Trinajstić information content (AvgIpc) is 2.67. The minimum absolute atomic E-state index is 0.268. The summed E-state index contributed by atoms with van der Waals surface area (Å²) < 4.78 is 29.0. The van der Waals surface area contributed by atoms with E-state index >= 15 is 0 Å². The molecule has 0 unspecified atom stereocenters. The van der Waals surface area contributed by atoms with Crippen molar-refractivity contribution in [1.82, 2.24) is 5.43 Å². The number of methoxy groups -OCH3 is 1. The number of carbonyl (C=O) groups excluding carboxylic acids is 2. The molecular formula is C19H18BrFN2O5. The Hall–Kier alpha value is -2.94. The fraction of sp³-hybridized carbons (Fsp3) is 0.211. The van der Waals surface area contributed by atoms with Gasteiger partial charge in [0.05, 0.1) is 24.4 Å². The van der Waals surface area contributed by atoms with E-state index in [1.807, 2.05) is 6.92 Å². The van der Waals surface area contributed by atoms with Gasteiger partial charge in [-0.1, -0.05) is 0 Å². The van der Waals surface area contributed by atoms with Crippen LogP contribution >= 0.6 is 15.9 Å². The summed E-state index contributed by atoms with van der Waals surface area (Å²) in [6.07, 6.45) is 1.42. The maximum atomic E-state index is 12.9. The first-order chi connectivity index (χ1) is 13.4. The van der Waals surface area contributed by atoms with Gasteiger partial charge in [0.1, 0.15) is 5.82 Å². The number of hydrogen-bond donors (Lipinski definition) is 1. The summed E-state index contributed by atoms with van der Waals surface area (Å²) >= 11 is 3.36. The molecule has 2 rings (SSSR count). The van der Waals surface area contributed by atoms with Gasteiger partial charge in [0.2, 0.25) is 0 Å². The molecule has 0 aliphatic rings. The van der Waals surface area contributed by atoms with Gasteiger partial charge >= 0.3 is 5.97 Å². The number of carbonyl (C=O) groups is 2. The zero-order valence-corrected chi connectivity index (χ0v) is 16.8. The number of ether oxygens (including phenoxy) is 3. The molecular weight excluding hydrogens is 435 g/mol. The highest BCUT2D eigenvalue weighted by Crippen LogP contribution is 2.36. The van der Waals surface area contributed by atoms with Crippen LogP contribution in [0.15, 0.2) is 46.0 Å². The highest BCUT2D eigenvalue weighted by molar-refractivity contribution is 9.10. The highest BCUT2D eigenvalue weighted by atomic mass is 79.9. The summed E-state index contributed by atoms with van der Waals surface area (Å²) in [5, 5.41) is 3.89. The monoisotopic (exact) mass is 452 g/mol. The van der Waals surface area contributed by atoms with Crippen molar-refractivity contribution >= 4 is 34.0 Å². The fourth-order valence-electron chi connectivity index (χ4n) is 2.09. The number of benzene rings is 2. The second-order valence-corrected chi connectivity index (χ2v) is 6.19. The predicted molar refractivity (Wildman–Crippen MR) is 104 cm³/mol. The quantitative estimate of drug-likeness (QED) is 0.377. The van der Waals surface area contributed by atoms with Crippen LogP contribution in [0.25, 0.3) is 0 Å². The number of halogens is 2. The van der Waals surface area contributed by atoms with Crippen molar-refractivity contribution in [2.24, 2.45) is 5.10 Å². The van der Waals surface area contributed by atoms with E-state index in [-0.39, 0.29) is 12.2 Å². The summed E-state index contributed by atoms with van der Waals surface area (Å²) in [6.45, 7) is 1.92. The van der Waals surface area contributed by atoms with E-state index < -0.39 is 17.7 Å². The Balaban J connectivity index is 2.12. The van der Waals surface area contributed by atoms with Crippen LogP contribution in [-0.4, -0.2) is 38.4 Å². The lowest BCUT2D eigenvalue weighted by molar-refractivity contribution is -0.142. The molecule has 2 aromatic rings. The molecule has 0 aliphatic heterocycles. The second-order valence-electron chi connectivity index (χ2n) is 5.33. The van der Waals surface area contributed by atoms with Crippen LogP contribution in [0.4, 0.5) is 4.39 Å². The molecule has 0 radical (unpaired) electrons. The molecule has 0 saturated heterocycles. The maximum Gasteiger partial charge on any atom is 0.343 e. The van der Waals surface area contributed by atoms with Gasteiger partial charge in [-0.25, -0.2) is 14.6 Å². The Labute approximate surface area is 169 Å². The number of nitrogens with one attached hydrogen (secondary N) is 1. The molecule has 2 aromatic carbocycles. The lowest BCUT2D eigenvalue weighted by atomic mass is 10.2. The Morgan fingerprint density at radius 1 is 1.21 bits per heavy atom. The van der Waals surface area contributed by atoms with Crippen molar-refractivity contribution in [3.05, 3.63) is 57.8 Å². The van der Waals surface area contributed by atoms with Gasteiger partial charge in [-0.2, -0.15) is 5.10 Å². The molecule has 7 nitrogen and oxygen atoms in total. The van der Waals surface area contributed by atoms with E-state index in [0.717, 1.165) is 0 Å². The van der Waals surface area contributed by atoms with Crippen LogP contribution in [0.2, 0.25) is 0 Å². The molecule has 0 heterocycles. The predicted octanol–water partition coefficient (Wildman–Crippen LogP) is 3.30. The normalized spacial score (nSPS) is 10.6. The van der Waals surface area contributed by atoms with Gasteiger partial charge in [-0.3, -0.25) is 4.79 Å². The molecule has 148 valence electrons. The van der Waals surface area contributed by atoms with E-state index in [2.05, 4.69) is 31.2 Å². The van der Waals surface area contributed by atoms with Crippen LogP contribution in [0.3, 0.4) is 0 Å². The van der Waals surface area contributed by atoms with Crippen molar-refractivity contribution in [3.8, 4) is 11.5 Å². The van der Waals surface area contributed by atoms with E-state index in [9.17, 15) is 14.0 Å². The number of rotatable bonds is 8. The molecule has 0 spiro atoms. The van der Waals surface area contributed by atoms with Crippen LogP contribution in [-0.2, 0) is 9.53 Å². The first-order valence-corrected chi connectivity index (χ1v) is 8.98. The highest BCUT2D eigenvalue weighted by Gasteiger charge is 2.14. The third-order valence-corrected chi connectivity index (χ3v) is 3.97. The Morgan fingerprint density at radius 2 is 1.93 bits per heavy atom. The summed E-state index contributed by atoms with van der Waals surface area (Å²) in [6, 6.07) is 8.43. The molecule has 0 aliphatic carbocycles. The molecule has 0 saturated carbocycles. The first-order valence-electron chi connectivity index (χ1n) is 8.19. The van der Waals surface area contributed by atoms with Crippen LogP contribution in [0.5, 0.6) is 11.5 Å². The molecule has 28 heavy (non-hydrogen) atoms. The van der Waals surface area contributed by atoms with Gasteiger partial charge in [0.15, 0.2) is 18.1 Å². The van der Waals surface area contributed by atoms with Gasteiger partial charge in [-0.15, -0.1) is 0 Å². The van der Waals surface area contributed by atoms with Crippen LogP contribution in [0, 0.1) is 5.82 Å². The van der Waals surface area contributed by atoms with Crippen molar-refractivity contribution in [3.63, 3.8) is 0 Å². The minimum atomic E-state index is -0.525. The first kappa shape index (κ1) is 21.4. The molecule has 1 N–H and O–H groups in total. The van der Waals surface area contributed by atoms with Gasteiger partial charge < -0.3 is 14.2 Å². The fourth-order valence-corrected chi connectivity index (χ4v) is 2.66. The van der Waals surface area contributed by atoms with Crippen molar-refractivity contribution in [1.29, 1.82) is 0 Å². The number of hydrogen-bond acceptors (Lipinski definition) is 6. The topological polar surface area (TPSA) is 86.2 Å². The number of hydrazone groups is 1. The summed E-state index contributed by atoms with van der Waals surface area (Å²) in [5.74, 6) is -0.684. The molecule has 9 heteroatoms. The third kappa shape index (κ3) is 6.05. The Bertz CT molecular complexity index is 871. The van der Waals surface area contributed by atoms with Crippen molar-refractivity contribution in [2.75, 3.05) is 20.3 Å². The van der Waals surface area contributed by atoms with Crippen LogP contribution in [0.1, 0.15) is 22.8 Å². The molecule has 0 atom stereocenters. The number of nitrogens with zero attached hydrogens (tertiary/aromatic N) is 1. The van der Waals surface area contributed by atoms with E-state index in [1.165, 1.54) is 37.6 Å². The number of esters is 1. The SMILES string of the molecule is CCOc1cc(/C=N\NC(=O)c2ccc(F)cc2)cc(Br)c1OCC(=O)OC. The van der Waals surface area contributed by atoms with Gasteiger partial charge in [0, 0.05) is 5.56 Å². The molecule has 0 bridgehead atoms. The summed E-state index contributed by atoms with van der Waals surface area (Å²) in [4.78, 5) is 23.3. The minimum Gasteiger partial charge on any atom is -0.490 e. The molecule has 1 amide bonds. The largest absolute Gasteiger partial charge is 0.490 e. The van der Waals surface area contributed by atoms with Crippen molar-refractivity contribution in [2.45, 2.75) is 6.92 Å². The Kier molecular flexibility index (Phi) is 7.94. The number of amides is 1. The zero-order chi connectivity index (χ0) is 20.5. The van der Waals surface area contributed by atoms with Crippen LogP contribution < -0.4 is 14.9 Å². The summed E-state index contributed by atoms with van der Waals surface area (Å²) in [7, 11) is 1.27. The van der Waals surface area contributed by atoms with E-state index in [1.54, 1.807) is 12.1 Å². The average molecular weight is 453 g/mol. The summed E-state index contributed by atoms with van der Waals surface area (Å²) in [5.41, 5.74) is 3.25. The zero-order valence-electron chi connectivity index (χ0n) is 15.2. The lowest BCUT2D eigenvalue weighted by Gasteiger charge is -2.13. The van der Waals surface area contributed by atoms with Gasteiger partial charge in [-0.05, 0) is 64.8 Å². The Morgan fingerprint density at radius 3 is 2.57 bits per heavy atom. The van der Waals surface area contributed by atoms with E-state index in [0.29, 0.717) is 28.1 Å². The molecule has 0 aromatic heterocycles. The maximum absolute atomic E-state index is 12.9. The van der Waals surface area contributed by atoms with E-state index in [4.69, 9.17) is 9.47 Å².